The lowest BCUT2D eigenvalue weighted by Gasteiger charge is -2.35. The summed E-state index contributed by atoms with van der Waals surface area (Å²) in [6, 6.07) is 4.97. The quantitative estimate of drug-likeness (QED) is 0.148. The van der Waals surface area contributed by atoms with Gasteiger partial charge in [-0.25, -0.2) is 4.79 Å². The first-order valence-corrected chi connectivity index (χ1v) is 14.0. The number of allylic oxidation sites excluding steroid dienone is 2. The van der Waals surface area contributed by atoms with Crippen LogP contribution >= 0.6 is 8.25 Å². The normalized spacial score (nSPS) is 16.4. The summed E-state index contributed by atoms with van der Waals surface area (Å²) >= 11 is 0. The second-order valence-corrected chi connectivity index (χ2v) is 10.2. The van der Waals surface area contributed by atoms with Crippen molar-refractivity contribution in [3.05, 3.63) is 35.9 Å². The number of benzene rings is 1. The predicted molar refractivity (Wildman–Crippen MR) is 141 cm³/mol. The van der Waals surface area contributed by atoms with Crippen molar-refractivity contribution < 1.29 is 33.1 Å². The van der Waals surface area contributed by atoms with Crippen molar-refractivity contribution in [1.29, 1.82) is 0 Å². The van der Waals surface area contributed by atoms with E-state index in [1.807, 2.05) is 0 Å². The zero-order valence-corrected chi connectivity index (χ0v) is 23.2. The number of hydrogen-bond donors (Lipinski definition) is 2. The molecule has 2 rings (SSSR count). The molecule has 10 nitrogen and oxygen atoms in total. The Morgan fingerprint density at radius 2 is 2.05 bits per heavy atom. The highest BCUT2D eigenvalue weighted by molar-refractivity contribution is 7.32. The second-order valence-electron chi connectivity index (χ2n) is 9.52. The van der Waals surface area contributed by atoms with Crippen LogP contribution in [0.25, 0.3) is 0 Å². The van der Waals surface area contributed by atoms with Crippen LogP contribution in [0, 0.1) is 5.92 Å². The number of unbranched alkanes of at least 4 members (excludes halogenated alkanes) is 2. The average molecular weight is 539 g/mol. The third-order valence-corrected chi connectivity index (χ3v) is 6.42. The number of likely N-dealkylation sites (N-methyl/N-ethyl adjacent to an activating group) is 1. The molecule has 206 valence electrons. The highest BCUT2D eigenvalue weighted by Gasteiger charge is 2.31. The molecule has 2 amide bonds. The van der Waals surface area contributed by atoms with E-state index in [9.17, 15) is 14.2 Å². The van der Waals surface area contributed by atoms with Gasteiger partial charge in [-0.1, -0.05) is 32.1 Å². The van der Waals surface area contributed by atoms with E-state index in [1.165, 1.54) is 12.2 Å². The number of rotatable bonds is 14. The van der Waals surface area contributed by atoms with Gasteiger partial charge in [0.1, 0.15) is 0 Å². The molecule has 37 heavy (non-hydrogen) atoms. The summed E-state index contributed by atoms with van der Waals surface area (Å²) in [5, 5.41) is 4.19. The van der Waals surface area contributed by atoms with E-state index in [2.05, 4.69) is 31.3 Å². The minimum absolute atomic E-state index is 0.00172. The Labute approximate surface area is 220 Å². The van der Waals surface area contributed by atoms with Crippen LogP contribution in [0.1, 0.15) is 64.4 Å². The molecule has 1 aliphatic heterocycles. The minimum atomic E-state index is -2.77. The Hall–Kier alpha value is -2.52. The molecule has 2 unspecified atom stereocenters. The Balaban J connectivity index is 1.88. The largest absolute Gasteiger partial charge is 0.713 e. The van der Waals surface area contributed by atoms with Gasteiger partial charge in [-0.05, 0) is 66.8 Å². The molecule has 2 atom stereocenters. The predicted octanol–water partition coefficient (Wildman–Crippen LogP) is 4.95. The summed E-state index contributed by atoms with van der Waals surface area (Å²) in [6.07, 6.45) is 9.62. The molecule has 0 aromatic heterocycles. The highest BCUT2D eigenvalue weighted by Crippen LogP contribution is 2.30. The van der Waals surface area contributed by atoms with Crippen LogP contribution in [0.3, 0.4) is 0 Å². The SMILES string of the molecule is COc1cc(CNC(=O)CCCC/C=C/C(C)C)ccc1OC(=O)N1CCCCC1CN(C)O[P+](=O)O. The topological polar surface area (TPSA) is 118 Å². The number of nitrogens with one attached hydrogen (secondary N) is 1. The maximum atomic E-state index is 13.0. The number of hydroxylamine groups is 2. The van der Waals surface area contributed by atoms with Gasteiger partial charge >= 0.3 is 14.3 Å². The highest BCUT2D eigenvalue weighted by atomic mass is 31.1. The standard InChI is InChI=1S/C26H40N3O7P/c1-20(2)11-7-5-6-8-13-25(30)27-18-21-14-15-23(24(17-21)34-4)35-26(31)29-16-10-9-12-22(29)19-28(3)36-37(32)33/h7,11,14-15,17,20,22H,5-6,8-10,12-13,16,18-19H2,1-4H3,(H-,27,30,32,33)/p+1/b11-7+. The first kappa shape index (κ1) is 30.7. The molecule has 0 radical (unpaired) electrons. The molecule has 0 bridgehead atoms. The Kier molecular flexibility index (Phi) is 13.6. The molecular weight excluding hydrogens is 497 g/mol. The zero-order chi connectivity index (χ0) is 27.2. The molecule has 1 aromatic rings. The van der Waals surface area contributed by atoms with Crippen molar-refractivity contribution >= 4 is 20.3 Å². The molecule has 1 saturated heterocycles. The summed E-state index contributed by atoms with van der Waals surface area (Å²) in [5.74, 6) is 1.22. The van der Waals surface area contributed by atoms with Crippen LogP contribution in [-0.4, -0.2) is 60.1 Å². The summed E-state index contributed by atoms with van der Waals surface area (Å²) in [6.45, 7) is 5.43. The summed E-state index contributed by atoms with van der Waals surface area (Å²) in [7, 11) is 0.279. The van der Waals surface area contributed by atoms with Crippen molar-refractivity contribution in [3.63, 3.8) is 0 Å². The number of likely N-dealkylation sites (tertiary alicyclic amines) is 1. The van der Waals surface area contributed by atoms with E-state index in [-0.39, 0.29) is 24.2 Å². The van der Waals surface area contributed by atoms with Gasteiger partial charge in [-0.3, -0.25) is 4.79 Å². The number of piperidine rings is 1. The van der Waals surface area contributed by atoms with Gasteiger partial charge in [0.05, 0.1) is 13.2 Å². The Morgan fingerprint density at radius 1 is 1.27 bits per heavy atom. The lowest BCUT2D eigenvalue weighted by molar-refractivity contribution is -0.121. The molecule has 0 aliphatic carbocycles. The van der Waals surface area contributed by atoms with E-state index in [1.54, 1.807) is 30.1 Å². The maximum absolute atomic E-state index is 13.0. The summed E-state index contributed by atoms with van der Waals surface area (Å²) in [4.78, 5) is 35.7. The number of nitrogens with zero attached hydrogens (tertiary/aromatic N) is 2. The molecule has 11 heteroatoms. The van der Waals surface area contributed by atoms with Crippen molar-refractivity contribution in [1.82, 2.24) is 15.3 Å². The molecule has 1 fully saturated rings. The fourth-order valence-corrected chi connectivity index (χ4v) is 4.45. The number of methoxy groups -OCH3 is 1. The van der Waals surface area contributed by atoms with Crippen LogP contribution < -0.4 is 14.8 Å². The van der Waals surface area contributed by atoms with Crippen LogP contribution in [0.4, 0.5) is 4.79 Å². The minimum Gasteiger partial charge on any atom is -0.493 e. The number of amides is 2. The van der Waals surface area contributed by atoms with Crippen LogP contribution in [0.5, 0.6) is 11.5 Å². The number of carbonyl (C=O) groups excluding carboxylic acids is 2. The first-order chi connectivity index (χ1) is 17.7. The van der Waals surface area contributed by atoms with Crippen molar-refractivity contribution in [3.8, 4) is 11.5 Å². The molecule has 2 N–H and O–H groups in total. The third-order valence-electron chi connectivity index (χ3n) is 6.00. The second kappa shape index (κ2) is 16.3. The first-order valence-electron chi connectivity index (χ1n) is 12.8. The molecule has 1 aromatic carbocycles. The van der Waals surface area contributed by atoms with Gasteiger partial charge in [0.25, 0.3) is 0 Å². The zero-order valence-electron chi connectivity index (χ0n) is 22.4. The van der Waals surface area contributed by atoms with Crippen molar-refractivity contribution in [2.75, 3.05) is 27.2 Å². The Bertz CT molecular complexity index is 925. The van der Waals surface area contributed by atoms with Crippen LogP contribution in [-0.2, 0) is 20.5 Å². The maximum Gasteiger partial charge on any atom is 0.713 e. The summed E-state index contributed by atoms with van der Waals surface area (Å²) in [5.41, 5.74) is 0.831. The number of hydrogen-bond acceptors (Lipinski definition) is 7. The van der Waals surface area contributed by atoms with E-state index in [0.29, 0.717) is 31.2 Å². The van der Waals surface area contributed by atoms with Gasteiger partial charge in [0.15, 0.2) is 11.5 Å². The molecule has 0 spiro atoms. The molecule has 1 heterocycles. The van der Waals surface area contributed by atoms with Gasteiger partial charge in [0.2, 0.25) is 5.91 Å². The lowest BCUT2D eigenvalue weighted by Crippen LogP contribution is -2.49. The van der Waals surface area contributed by atoms with Gasteiger partial charge in [-0.15, -0.1) is 9.96 Å². The fraction of sp³-hybridized carbons (Fsp3) is 0.615. The van der Waals surface area contributed by atoms with E-state index < -0.39 is 14.3 Å². The molecule has 1 aliphatic rings. The van der Waals surface area contributed by atoms with E-state index in [0.717, 1.165) is 44.1 Å². The third kappa shape index (κ3) is 11.6. The monoisotopic (exact) mass is 538 g/mol. The van der Waals surface area contributed by atoms with Crippen LogP contribution in [0.15, 0.2) is 30.4 Å². The summed E-state index contributed by atoms with van der Waals surface area (Å²) < 4.78 is 26.8. The lowest BCUT2D eigenvalue weighted by atomic mass is 10.0. The molecular formula is C26H41N3O7P+. The van der Waals surface area contributed by atoms with Crippen molar-refractivity contribution in [2.45, 2.75) is 71.4 Å². The van der Waals surface area contributed by atoms with E-state index in [4.69, 9.17) is 19.0 Å². The fourth-order valence-electron chi connectivity index (χ4n) is 4.14. The molecule has 0 saturated carbocycles. The average Bonchev–Trinajstić information content (AvgIpc) is 2.85. The number of carbonyl (C=O) groups is 2. The van der Waals surface area contributed by atoms with Gasteiger partial charge in [-0.2, -0.15) is 0 Å². The van der Waals surface area contributed by atoms with Gasteiger partial charge in [0, 0.05) is 37.7 Å². The van der Waals surface area contributed by atoms with E-state index >= 15 is 0 Å². The number of ether oxygens (including phenoxy) is 2. The smallest absolute Gasteiger partial charge is 0.493 e. The van der Waals surface area contributed by atoms with Gasteiger partial charge < -0.3 is 19.7 Å². The van der Waals surface area contributed by atoms with Crippen molar-refractivity contribution in [2.24, 2.45) is 5.92 Å². The Morgan fingerprint density at radius 3 is 2.76 bits per heavy atom. The van der Waals surface area contributed by atoms with Crippen LogP contribution in [0.2, 0.25) is 0 Å².